The standard InChI is InChI=1S/C34H40N2O5S/c1-24-15-17-28(18-16-24)32(37)36(29-20-30(27-13-7-4-8-14-27)42-31(29)33(38)40-2)22-26-12-9-19-35(21-26)34(39)41-23-25-10-5-3-6-11-25/h3-8,10-11,13-14,20,24,26,28H,9,12,15-19,21-23H2,1-2H3. The van der Waals surface area contributed by atoms with Gasteiger partial charge in [0.2, 0.25) is 5.91 Å². The Morgan fingerprint density at radius 3 is 2.33 bits per heavy atom. The molecule has 42 heavy (non-hydrogen) atoms. The first-order valence-corrected chi connectivity index (χ1v) is 15.8. The molecule has 2 fully saturated rings. The molecule has 2 heterocycles. The lowest BCUT2D eigenvalue weighted by Gasteiger charge is -2.37. The maximum Gasteiger partial charge on any atom is 0.410 e. The van der Waals surface area contributed by atoms with Crippen LogP contribution in [0.15, 0.2) is 66.7 Å². The van der Waals surface area contributed by atoms with Gasteiger partial charge in [0.1, 0.15) is 11.5 Å². The van der Waals surface area contributed by atoms with Crippen LogP contribution in [0.4, 0.5) is 10.5 Å². The van der Waals surface area contributed by atoms with Crippen molar-refractivity contribution in [1.29, 1.82) is 0 Å². The molecule has 222 valence electrons. The molecule has 0 N–H and O–H groups in total. The van der Waals surface area contributed by atoms with Crippen LogP contribution in [0.25, 0.3) is 10.4 Å². The van der Waals surface area contributed by atoms with Crippen LogP contribution in [0.2, 0.25) is 0 Å². The molecule has 1 saturated heterocycles. The Morgan fingerprint density at radius 2 is 1.64 bits per heavy atom. The first-order valence-electron chi connectivity index (χ1n) is 15.0. The van der Waals surface area contributed by atoms with Crippen LogP contribution in [-0.4, -0.2) is 49.6 Å². The van der Waals surface area contributed by atoms with Crippen molar-refractivity contribution in [2.24, 2.45) is 17.8 Å². The predicted octanol–water partition coefficient (Wildman–Crippen LogP) is 7.41. The number of methoxy groups -OCH3 is 1. The second kappa shape index (κ2) is 14.0. The molecule has 3 aromatic rings. The van der Waals surface area contributed by atoms with Crippen molar-refractivity contribution in [3.63, 3.8) is 0 Å². The zero-order valence-electron chi connectivity index (χ0n) is 24.5. The fourth-order valence-electron chi connectivity index (χ4n) is 6.05. The zero-order chi connectivity index (χ0) is 29.5. The quantitative estimate of drug-likeness (QED) is 0.256. The fourth-order valence-corrected chi connectivity index (χ4v) is 7.13. The lowest BCUT2D eigenvalue weighted by atomic mass is 9.82. The number of ether oxygens (including phenoxy) is 2. The van der Waals surface area contributed by atoms with Gasteiger partial charge in [-0.25, -0.2) is 9.59 Å². The van der Waals surface area contributed by atoms with E-state index in [1.165, 1.54) is 18.4 Å². The molecule has 0 bridgehead atoms. The molecule has 1 saturated carbocycles. The van der Waals surface area contributed by atoms with E-state index in [9.17, 15) is 14.4 Å². The lowest BCUT2D eigenvalue weighted by Crippen LogP contribution is -2.47. The smallest absolute Gasteiger partial charge is 0.410 e. The summed E-state index contributed by atoms with van der Waals surface area (Å²) >= 11 is 1.36. The maximum absolute atomic E-state index is 14.2. The molecule has 5 rings (SSSR count). The number of likely N-dealkylation sites (tertiary alicyclic amines) is 1. The molecule has 0 spiro atoms. The largest absolute Gasteiger partial charge is 0.465 e. The number of amides is 2. The minimum absolute atomic E-state index is 0.0556. The van der Waals surface area contributed by atoms with E-state index in [2.05, 4.69) is 6.92 Å². The van der Waals surface area contributed by atoms with E-state index in [1.54, 1.807) is 4.90 Å². The molecule has 0 radical (unpaired) electrons. The van der Waals surface area contributed by atoms with Gasteiger partial charge in [-0.3, -0.25) is 4.79 Å². The summed E-state index contributed by atoms with van der Waals surface area (Å²) in [5.74, 6) is 0.213. The predicted molar refractivity (Wildman–Crippen MR) is 165 cm³/mol. The highest BCUT2D eigenvalue weighted by Gasteiger charge is 2.35. The summed E-state index contributed by atoms with van der Waals surface area (Å²) in [6, 6.07) is 21.5. The number of carbonyl (C=O) groups excluding carboxylic acids is 3. The van der Waals surface area contributed by atoms with Gasteiger partial charge in [-0.2, -0.15) is 0 Å². The molecule has 1 unspecified atom stereocenters. The van der Waals surface area contributed by atoms with E-state index in [4.69, 9.17) is 9.47 Å². The van der Waals surface area contributed by atoms with Crippen LogP contribution in [0.1, 0.15) is 60.7 Å². The molecule has 2 aliphatic rings. The van der Waals surface area contributed by atoms with Crippen molar-refractivity contribution in [3.05, 3.63) is 77.2 Å². The van der Waals surface area contributed by atoms with E-state index >= 15 is 0 Å². The van der Waals surface area contributed by atoms with Crippen LogP contribution in [0.3, 0.4) is 0 Å². The fraction of sp³-hybridized carbons (Fsp3) is 0.441. The molecule has 7 nitrogen and oxygen atoms in total. The average Bonchev–Trinajstić information content (AvgIpc) is 3.48. The first kappa shape index (κ1) is 29.8. The minimum atomic E-state index is -0.443. The van der Waals surface area contributed by atoms with E-state index in [0.717, 1.165) is 54.5 Å². The Hall–Kier alpha value is -3.65. The molecule has 2 aromatic carbocycles. The summed E-state index contributed by atoms with van der Waals surface area (Å²) in [5, 5.41) is 0. The Labute approximate surface area is 252 Å². The van der Waals surface area contributed by atoms with E-state index in [-0.39, 0.29) is 30.4 Å². The second-order valence-corrected chi connectivity index (χ2v) is 12.6. The third-order valence-corrected chi connectivity index (χ3v) is 9.64. The van der Waals surface area contributed by atoms with Gasteiger partial charge in [-0.05, 0) is 67.6 Å². The Bertz CT molecular complexity index is 1350. The van der Waals surface area contributed by atoms with Crippen LogP contribution in [0, 0.1) is 17.8 Å². The van der Waals surface area contributed by atoms with Crippen LogP contribution in [0.5, 0.6) is 0 Å². The second-order valence-electron chi connectivity index (χ2n) is 11.6. The van der Waals surface area contributed by atoms with Gasteiger partial charge in [-0.1, -0.05) is 67.6 Å². The topological polar surface area (TPSA) is 76.2 Å². The van der Waals surface area contributed by atoms with Crippen molar-refractivity contribution in [2.75, 3.05) is 31.6 Å². The number of anilines is 1. The van der Waals surface area contributed by atoms with Gasteiger partial charge in [0.05, 0.1) is 12.8 Å². The molecule has 1 aliphatic heterocycles. The number of rotatable bonds is 8. The van der Waals surface area contributed by atoms with Crippen molar-refractivity contribution in [3.8, 4) is 10.4 Å². The number of carbonyl (C=O) groups is 3. The summed E-state index contributed by atoms with van der Waals surface area (Å²) in [5.41, 5.74) is 2.54. The number of thiophene rings is 1. The summed E-state index contributed by atoms with van der Waals surface area (Å²) in [4.78, 5) is 45.2. The lowest BCUT2D eigenvalue weighted by molar-refractivity contribution is -0.123. The van der Waals surface area contributed by atoms with Gasteiger partial charge in [-0.15, -0.1) is 11.3 Å². The third-order valence-electron chi connectivity index (χ3n) is 8.49. The Balaban J connectivity index is 1.39. The molecule has 2 amide bonds. The van der Waals surface area contributed by atoms with Gasteiger partial charge in [0.25, 0.3) is 0 Å². The van der Waals surface area contributed by atoms with Crippen molar-refractivity contribution < 1.29 is 23.9 Å². The van der Waals surface area contributed by atoms with Crippen molar-refractivity contribution in [2.45, 2.75) is 52.1 Å². The van der Waals surface area contributed by atoms with Gasteiger partial charge < -0.3 is 19.3 Å². The van der Waals surface area contributed by atoms with Gasteiger partial charge in [0.15, 0.2) is 0 Å². The van der Waals surface area contributed by atoms with E-state index in [0.29, 0.717) is 36.1 Å². The number of nitrogens with zero attached hydrogens (tertiary/aromatic N) is 2. The minimum Gasteiger partial charge on any atom is -0.465 e. The summed E-state index contributed by atoms with van der Waals surface area (Å²) in [6.07, 6.45) is 5.13. The van der Waals surface area contributed by atoms with E-state index < -0.39 is 5.97 Å². The molecule has 8 heteroatoms. The highest BCUT2D eigenvalue weighted by Crippen LogP contribution is 2.40. The van der Waals surface area contributed by atoms with Gasteiger partial charge in [0, 0.05) is 30.4 Å². The van der Waals surface area contributed by atoms with Crippen LogP contribution < -0.4 is 4.90 Å². The van der Waals surface area contributed by atoms with Crippen LogP contribution >= 0.6 is 11.3 Å². The molecule has 1 atom stereocenters. The van der Waals surface area contributed by atoms with Crippen molar-refractivity contribution in [1.82, 2.24) is 4.90 Å². The number of hydrogen-bond acceptors (Lipinski definition) is 6. The number of piperidine rings is 1. The number of benzene rings is 2. The highest BCUT2D eigenvalue weighted by molar-refractivity contribution is 7.18. The molecular formula is C34H40N2O5S. The zero-order valence-corrected chi connectivity index (χ0v) is 25.3. The number of esters is 1. The first-order chi connectivity index (χ1) is 20.4. The van der Waals surface area contributed by atoms with Gasteiger partial charge >= 0.3 is 12.1 Å². The summed E-state index contributed by atoms with van der Waals surface area (Å²) in [7, 11) is 1.38. The Kier molecular flexibility index (Phi) is 9.95. The summed E-state index contributed by atoms with van der Waals surface area (Å²) < 4.78 is 10.8. The van der Waals surface area contributed by atoms with E-state index in [1.807, 2.05) is 71.6 Å². The highest BCUT2D eigenvalue weighted by atomic mass is 32.1. The van der Waals surface area contributed by atoms with Crippen LogP contribution in [-0.2, 0) is 20.9 Å². The summed E-state index contributed by atoms with van der Waals surface area (Å²) in [6.45, 7) is 4.03. The normalized spacial score (nSPS) is 20.5. The van der Waals surface area contributed by atoms with Crippen molar-refractivity contribution >= 4 is 35.0 Å². The third kappa shape index (κ3) is 7.21. The monoisotopic (exact) mass is 588 g/mol. The number of hydrogen-bond donors (Lipinski definition) is 0. The maximum atomic E-state index is 14.2. The molecule has 1 aromatic heterocycles. The SMILES string of the molecule is COC(=O)c1sc(-c2ccccc2)cc1N(CC1CCCN(C(=O)OCc2ccccc2)C1)C(=O)C1CCC(C)CC1. The Morgan fingerprint density at radius 1 is 0.952 bits per heavy atom. The molecule has 1 aliphatic carbocycles. The average molecular weight is 589 g/mol. The molecular weight excluding hydrogens is 548 g/mol.